The molecule has 132 valence electrons. The van der Waals surface area contributed by atoms with E-state index in [1.807, 2.05) is 42.5 Å². The minimum absolute atomic E-state index is 0.0988. The SMILES string of the molecule is O=S1(=O)CCC2C=CC=C(c3ccc(OC4CCCCC4)cc3)C2=N1. The lowest BCUT2D eigenvalue weighted by Crippen LogP contribution is -2.26. The molecule has 1 aromatic rings. The predicted octanol–water partition coefficient (Wildman–Crippen LogP) is 4.14. The minimum atomic E-state index is -3.33. The molecule has 4 nitrogen and oxygen atoms in total. The molecule has 1 fully saturated rings. The lowest BCUT2D eigenvalue weighted by atomic mass is 9.86. The second kappa shape index (κ2) is 6.79. The molecule has 0 spiro atoms. The van der Waals surface area contributed by atoms with E-state index in [0.29, 0.717) is 18.2 Å². The van der Waals surface area contributed by atoms with Gasteiger partial charge in [-0.3, -0.25) is 0 Å². The van der Waals surface area contributed by atoms with E-state index >= 15 is 0 Å². The van der Waals surface area contributed by atoms with Gasteiger partial charge in [0.05, 0.1) is 17.6 Å². The fourth-order valence-corrected chi connectivity index (χ4v) is 4.99. The Labute approximate surface area is 149 Å². The molecule has 0 bridgehead atoms. The van der Waals surface area contributed by atoms with E-state index in [1.165, 1.54) is 19.3 Å². The van der Waals surface area contributed by atoms with Crippen LogP contribution in [0.25, 0.3) is 5.57 Å². The van der Waals surface area contributed by atoms with Crippen LogP contribution in [0.2, 0.25) is 0 Å². The van der Waals surface area contributed by atoms with Crippen molar-refractivity contribution in [3.8, 4) is 5.75 Å². The molecule has 0 saturated heterocycles. The van der Waals surface area contributed by atoms with Crippen molar-refractivity contribution in [2.75, 3.05) is 5.75 Å². The van der Waals surface area contributed by atoms with Crippen LogP contribution < -0.4 is 4.74 Å². The molecule has 2 aliphatic carbocycles. The fraction of sp³-hybridized carbons (Fsp3) is 0.450. The van der Waals surface area contributed by atoms with Crippen molar-refractivity contribution in [3.63, 3.8) is 0 Å². The van der Waals surface area contributed by atoms with Gasteiger partial charge in [-0.05, 0) is 49.8 Å². The molecular weight excluding hydrogens is 334 g/mol. The summed E-state index contributed by atoms with van der Waals surface area (Å²) in [5.74, 6) is 1.12. The molecule has 1 aliphatic heterocycles. The highest BCUT2D eigenvalue weighted by molar-refractivity contribution is 7.90. The van der Waals surface area contributed by atoms with Crippen molar-refractivity contribution in [1.29, 1.82) is 0 Å². The quantitative estimate of drug-likeness (QED) is 0.817. The summed E-state index contributed by atoms with van der Waals surface area (Å²) < 4.78 is 33.9. The Morgan fingerprint density at radius 3 is 2.52 bits per heavy atom. The molecule has 1 heterocycles. The summed E-state index contributed by atoms with van der Waals surface area (Å²) in [6.45, 7) is 0. The van der Waals surface area contributed by atoms with Gasteiger partial charge in [0.2, 0.25) is 0 Å². The second-order valence-electron chi connectivity index (χ2n) is 7.03. The van der Waals surface area contributed by atoms with Crippen LogP contribution in [-0.4, -0.2) is 26.0 Å². The first-order chi connectivity index (χ1) is 12.1. The zero-order chi connectivity index (χ0) is 17.3. The van der Waals surface area contributed by atoms with Crippen LogP contribution >= 0.6 is 0 Å². The van der Waals surface area contributed by atoms with Gasteiger partial charge in [-0.1, -0.05) is 36.8 Å². The Morgan fingerprint density at radius 1 is 1.00 bits per heavy atom. The lowest BCUT2D eigenvalue weighted by molar-refractivity contribution is 0.155. The summed E-state index contributed by atoms with van der Waals surface area (Å²) in [6.07, 6.45) is 13.0. The van der Waals surface area contributed by atoms with Crippen molar-refractivity contribution in [2.45, 2.75) is 44.6 Å². The maximum absolute atomic E-state index is 11.9. The second-order valence-corrected chi connectivity index (χ2v) is 8.78. The van der Waals surface area contributed by atoms with Crippen LogP contribution in [-0.2, 0) is 10.0 Å². The number of hydrogen-bond donors (Lipinski definition) is 0. The lowest BCUT2D eigenvalue weighted by Gasteiger charge is -2.25. The fourth-order valence-electron chi connectivity index (χ4n) is 3.82. The summed E-state index contributed by atoms with van der Waals surface area (Å²) in [5, 5.41) is 0. The van der Waals surface area contributed by atoms with Gasteiger partial charge in [0.25, 0.3) is 10.0 Å². The Hall–Kier alpha value is -1.88. The van der Waals surface area contributed by atoms with Gasteiger partial charge in [0.1, 0.15) is 5.75 Å². The highest BCUT2D eigenvalue weighted by Gasteiger charge is 2.29. The monoisotopic (exact) mass is 357 g/mol. The Bertz CT molecular complexity index is 828. The van der Waals surface area contributed by atoms with Gasteiger partial charge in [0, 0.05) is 11.5 Å². The number of rotatable bonds is 3. The standard InChI is InChI=1S/C20H23NO3S/c22-25(23)14-13-16-5-4-8-19(20(16)21-25)15-9-11-18(12-10-15)24-17-6-2-1-3-7-17/h4-5,8-12,16-17H,1-3,6-7,13-14H2. The number of nitrogens with zero attached hydrogens (tertiary/aromatic N) is 1. The summed E-state index contributed by atoms with van der Waals surface area (Å²) in [6, 6.07) is 7.97. The third-order valence-corrected chi connectivity index (χ3v) is 6.40. The van der Waals surface area contributed by atoms with Gasteiger partial charge >= 0.3 is 0 Å². The first-order valence-corrected chi connectivity index (χ1v) is 10.7. The zero-order valence-electron chi connectivity index (χ0n) is 14.2. The number of fused-ring (bicyclic) bond motifs is 1. The van der Waals surface area contributed by atoms with E-state index in [2.05, 4.69) is 4.40 Å². The normalized spacial score (nSPS) is 25.7. The summed E-state index contributed by atoms with van der Waals surface area (Å²) in [4.78, 5) is 0. The number of sulfonamides is 1. The maximum Gasteiger partial charge on any atom is 0.253 e. The molecule has 1 saturated carbocycles. The molecule has 0 radical (unpaired) electrons. The van der Waals surface area contributed by atoms with E-state index in [9.17, 15) is 8.42 Å². The smallest absolute Gasteiger partial charge is 0.253 e. The van der Waals surface area contributed by atoms with Gasteiger partial charge < -0.3 is 4.74 Å². The van der Waals surface area contributed by atoms with Crippen LogP contribution in [0.5, 0.6) is 5.75 Å². The Kier molecular flexibility index (Phi) is 4.50. The molecule has 0 aromatic heterocycles. The summed E-state index contributed by atoms with van der Waals surface area (Å²) in [5.41, 5.74) is 2.57. The van der Waals surface area contributed by atoms with Crippen LogP contribution in [0, 0.1) is 5.92 Å². The van der Waals surface area contributed by atoms with E-state index in [0.717, 1.165) is 29.7 Å². The summed E-state index contributed by atoms with van der Waals surface area (Å²) in [7, 11) is -3.33. The number of allylic oxidation sites excluding steroid dienone is 4. The molecule has 25 heavy (non-hydrogen) atoms. The van der Waals surface area contributed by atoms with Crippen molar-refractivity contribution in [1.82, 2.24) is 0 Å². The van der Waals surface area contributed by atoms with Crippen LogP contribution in [0.3, 0.4) is 0 Å². The van der Waals surface area contributed by atoms with Gasteiger partial charge in [0.15, 0.2) is 0 Å². The van der Waals surface area contributed by atoms with E-state index in [-0.39, 0.29) is 11.7 Å². The van der Waals surface area contributed by atoms with Crippen LogP contribution in [0.4, 0.5) is 0 Å². The molecule has 4 rings (SSSR count). The van der Waals surface area contributed by atoms with Crippen molar-refractivity contribution in [3.05, 3.63) is 48.1 Å². The molecular formula is C20H23NO3S. The van der Waals surface area contributed by atoms with Crippen molar-refractivity contribution < 1.29 is 13.2 Å². The van der Waals surface area contributed by atoms with Crippen LogP contribution in [0.1, 0.15) is 44.1 Å². The molecule has 5 heteroatoms. The third-order valence-electron chi connectivity index (χ3n) is 5.18. The van der Waals surface area contributed by atoms with Crippen molar-refractivity contribution >= 4 is 21.3 Å². The number of benzene rings is 1. The molecule has 1 aromatic carbocycles. The highest BCUT2D eigenvalue weighted by Crippen LogP contribution is 2.32. The molecule has 1 atom stereocenters. The van der Waals surface area contributed by atoms with Gasteiger partial charge in [-0.15, -0.1) is 0 Å². The number of ether oxygens (including phenoxy) is 1. The van der Waals surface area contributed by atoms with Crippen molar-refractivity contribution in [2.24, 2.45) is 10.3 Å². The minimum Gasteiger partial charge on any atom is -0.490 e. The topological polar surface area (TPSA) is 55.7 Å². The highest BCUT2D eigenvalue weighted by atomic mass is 32.2. The third kappa shape index (κ3) is 3.71. The van der Waals surface area contributed by atoms with Gasteiger partial charge in [-0.25, -0.2) is 8.42 Å². The van der Waals surface area contributed by atoms with E-state index in [1.54, 1.807) is 0 Å². The van der Waals surface area contributed by atoms with E-state index in [4.69, 9.17) is 4.74 Å². The van der Waals surface area contributed by atoms with E-state index < -0.39 is 10.0 Å². The first-order valence-electron chi connectivity index (χ1n) is 9.09. The van der Waals surface area contributed by atoms with Crippen LogP contribution in [0.15, 0.2) is 46.9 Å². The predicted molar refractivity (Wildman–Crippen MR) is 100 cm³/mol. The molecule has 1 unspecified atom stereocenters. The number of hydrogen-bond acceptors (Lipinski definition) is 3. The average Bonchev–Trinajstić information content (AvgIpc) is 2.62. The first kappa shape index (κ1) is 16.6. The molecule has 0 amide bonds. The van der Waals surface area contributed by atoms with Gasteiger partial charge in [-0.2, -0.15) is 4.40 Å². The zero-order valence-corrected chi connectivity index (χ0v) is 15.0. The molecule has 3 aliphatic rings. The molecule has 0 N–H and O–H groups in total. The Morgan fingerprint density at radius 2 is 1.76 bits per heavy atom. The Balaban J connectivity index is 1.56. The summed E-state index contributed by atoms with van der Waals surface area (Å²) >= 11 is 0. The maximum atomic E-state index is 11.9. The average molecular weight is 357 g/mol. The largest absolute Gasteiger partial charge is 0.490 e.